The van der Waals surface area contributed by atoms with Gasteiger partial charge in [0.15, 0.2) is 5.84 Å². The lowest BCUT2D eigenvalue weighted by Gasteiger charge is -2.33. The van der Waals surface area contributed by atoms with Gasteiger partial charge in [-0.15, -0.1) is 0 Å². The number of nitrogens with two attached hydrogens (primary N) is 1. The largest absolute Gasteiger partial charge is 0.488 e. The van der Waals surface area contributed by atoms with Gasteiger partial charge in [-0.05, 0) is 18.2 Å². The first-order valence-corrected chi connectivity index (χ1v) is 6.92. The van der Waals surface area contributed by atoms with Crippen molar-refractivity contribution in [3.63, 3.8) is 0 Å². The Morgan fingerprint density at radius 1 is 1.52 bits per heavy atom. The van der Waals surface area contributed by atoms with E-state index in [1.807, 2.05) is 0 Å². The molecule has 2 atom stereocenters. The molecule has 1 saturated heterocycles. The Morgan fingerprint density at radius 2 is 2.38 bits per heavy atom. The van der Waals surface area contributed by atoms with Crippen LogP contribution in [0.4, 0.5) is 4.39 Å². The van der Waals surface area contributed by atoms with Crippen LogP contribution in [0, 0.1) is 5.82 Å². The molecule has 0 aromatic heterocycles. The highest BCUT2D eigenvalue weighted by atomic mass is 19.1. The van der Waals surface area contributed by atoms with E-state index in [1.54, 1.807) is 6.07 Å². The van der Waals surface area contributed by atoms with E-state index in [4.69, 9.17) is 20.4 Å². The van der Waals surface area contributed by atoms with E-state index < -0.39 is 6.10 Å². The number of amidine groups is 1. The molecule has 7 heteroatoms. The number of fused-ring (bicyclic) bond motifs is 1. The molecule has 2 aliphatic rings. The third kappa shape index (κ3) is 3.08. The van der Waals surface area contributed by atoms with E-state index in [9.17, 15) is 4.39 Å². The molecule has 1 aromatic carbocycles. The van der Waals surface area contributed by atoms with Crippen molar-refractivity contribution in [3.8, 4) is 5.75 Å². The summed E-state index contributed by atoms with van der Waals surface area (Å²) >= 11 is 0. The molecule has 2 heterocycles. The zero-order valence-corrected chi connectivity index (χ0v) is 11.5. The van der Waals surface area contributed by atoms with E-state index in [0.29, 0.717) is 26.1 Å². The Labute approximate surface area is 121 Å². The number of morpholine rings is 1. The SMILES string of the molecule is NC(=NO)C1CN(CC2Cc3cc(F)ccc3O2)CCO1. The Bertz CT molecular complexity index is 552. The van der Waals surface area contributed by atoms with Crippen molar-refractivity contribution in [2.45, 2.75) is 18.6 Å². The molecule has 0 bridgehead atoms. The molecule has 0 saturated carbocycles. The molecule has 21 heavy (non-hydrogen) atoms. The van der Waals surface area contributed by atoms with Crippen molar-refractivity contribution >= 4 is 5.84 Å². The molecule has 0 spiro atoms. The fraction of sp³-hybridized carbons (Fsp3) is 0.500. The molecule has 2 aliphatic heterocycles. The molecule has 1 fully saturated rings. The van der Waals surface area contributed by atoms with E-state index in [1.165, 1.54) is 12.1 Å². The summed E-state index contributed by atoms with van der Waals surface area (Å²) in [7, 11) is 0. The summed E-state index contributed by atoms with van der Waals surface area (Å²) in [6.07, 6.45) is 0.288. The lowest BCUT2D eigenvalue weighted by molar-refractivity contribution is -0.00672. The first-order valence-electron chi connectivity index (χ1n) is 6.92. The molecule has 114 valence electrons. The number of oxime groups is 1. The fourth-order valence-corrected chi connectivity index (χ4v) is 2.79. The van der Waals surface area contributed by atoms with Crippen molar-refractivity contribution in [1.29, 1.82) is 0 Å². The molecule has 0 amide bonds. The van der Waals surface area contributed by atoms with Gasteiger partial charge in [0.2, 0.25) is 0 Å². The smallest absolute Gasteiger partial charge is 0.169 e. The maximum Gasteiger partial charge on any atom is 0.169 e. The summed E-state index contributed by atoms with van der Waals surface area (Å²) in [5.74, 6) is 0.594. The van der Waals surface area contributed by atoms with Crippen LogP contribution in [0.15, 0.2) is 23.4 Å². The van der Waals surface area contributed by atoms with Crippen LogP contribution in [0.1, 0.15) is 5.56 Å². The zero-order chi connectivity index (χ0) is 14.8. The van der Waals surface area contributed by atoms with Crippen LogP contribution >= 0.6 is 0 Å². The Hall–Kier alpha value is -1.86. The van der Waals surface area contributed by atoms with Crippen molar-refractivity contribution in [1.82, 2.24) is 4.90 Å². The summed E-state index contributed by atoms with van der Waals surface area (Å²) in [6, 6.07) is 4.60. The lowest BCUT2D eigenvalue weighted by Crippen LogP contribution is -2.50. The van der Waals surface area contributed by atoms with E-state index in [0.717, 1.165) is 17.9 Å². The Kier molecular flexibility index (Phi) is 3.94. The number of benzene rings is 1. The van der Waals surface area contributed by atoms with Gasteiger partial charge < -0.3 is 20.4 Å². The Balaban J connectivity index is 1.58. The highest BCUT2D eigenvalue weighted by Crippen LogP contribution is 2.29. The monoisotopic (exact) mass is 295 g/mol. The topological polar surface area (TPSA) is 80.3 Å². The third-order valence-electron chi connectivity index (χ3n) is 3.82. The maximum absolute atomic E-state index is 13.2. The molecule has 0 radical (unpaired) electrons. The zero-order valence-electron chi connectivity index (χ0n) is 11.5. The Morgan fingerprint density at radius 3 is 3.19 bits per heavy atom. The van der Waals surface area contributed by atoms with E-state index in [2.05, 4.69) is 10.1 Å². The minimum absolute atomic E-state index is 0.00663. The van der Waals surface area contributed by atoms with Crippen LogP contribution < -0.4 is 10.5 Å². The second kappa shape index (κ2) is 5.87. The summed E-state index contributed by atoms with van der Waals surface area (Å²) < 4.78 is 24.5. The van der Waals surface area contributed by atoms with Gasteiger partial charge in [-0.25, -0.2) is 4.39 Å². The normalized spacial score (nSPS) is 26.4. The molecule has 3 rings (SSSR count). The number of hydrogen-bond donors (Lipinski definition) is 2. The average Bonchev–Trinajstić information content (AvgIpc) is 2.88. The van der Waals surface area contributed by atoms with Crippen molar-refractivity contribution in [2.75, 3.05) is 26.2 Å². The van der Waals surface area contributed by atoms with Crippen LogP contribution in [-0.2, 0) is 11.2 Å². The standard InChI is InChI=1S/C14H18FN3O3/c15-10-1-2-12-9(5-10)6-11(21-12)7-18-3-4-20-13(8-18)14(16)17-19/h1-2,5,11,13,19H,3-4,6-8H2,(H2,16,17). The minimum atomic E-state index is -0.398. The summed E-state index contributed by atoms with van der Waals surface area (Å²) in [4.78, 5) is 2.15. The third-order valence-corrected chi connectivity index (χ3v) is 3.82. The second-order valence-corrected chi connectivity index (χ2v) is 5.34. The second-order valence-electron chi connectivity index (χ2n) is 5.34. The van der Waals surface area contributed by atoms with E-state index >= 15 is 0 Å². The van der Waals surface area contributed by atoms with Gasteiger partial charge in [-0.1, -0.05) is 5.16 Å². The molecule has 2 unspecified atom stereocenters. The van der Waals surface area contributed by atoms with Gasteiger partial charge in [0.25, 0.3) is 0 Å². The van der Waals surface area contributed by atoms with Crippen molar-refractivity contribution in [2.24, 2.45) is 10.9 Å². The minimum Gasteiger partial charge on any atom is -0.488 e. The number of ether oxygens (including phenoxy) is 2. The van der Waals surface area contributed by atoms with Crippen molar-refractivity contribution in [3.05, 3.63) is 29.6 Å². The predicted molar refractivity (Wildman–Crippen MR) is 74.1 cm³/mol. The quantitative estimate of drug-likeness (QED) is 0.369. The lowest BCUT2D eigenvalue weighted by atomic mass is 10.1. The highest BCUT2D eigenvalue weighted by molar-refractivity contribution is 5.84. The average molecular weight is 295 g/mol. The van der Waals surface area contributed by atoms with Crippen molar-refractivity contribution < 1.29 is 19.1 Å². The number of halogens is 1. The molecule has 0 aliphatic carbocycles. The van der Waals surface area contributed by atoms with Crippen LogP contribution in [0.25, 0.3) is 0 Å². The van der Waals surface area contributed by atoms with Crippen LogP contribution in [-0.4, -0.2) is 54.4 Å². The van der Waals surface area contributed by atoms with Gasteiger partial charge in [-0.2, -0.15) is 0 Å². The first kappa shape index (κ1) is 14.1. The summed E-state index contributed by atoms with van der Waals surface area (Å²) in [5.41, 5.74) is 6.48. The molecular formula is C14H18FN3O3. The van der Waals surface area contributed by atoms with Gasteiger partial charge in [-0.3, -0.25) is 4.90 Å². The van der Waals surface area contributed by atoms with E-state index in [-0.39, 0.29) is 17.8 Å². The number of hydrogen-bond acceptors (Lipinski definition) is 5. The van der Waals surface area contributed by atoms with Gasteiger partial charge in [0.1, 0.15) is 23.8 Å². The molecule has 3 N–H and O–H groups in total. The summed E-state index contributed by atoms with van der Waals surface area (Å²) in [5, 5.41) is 11.7. The summed E-state index contributed by atoms with van der Waals surface area (Å²) in [6.45, 7) is 2.55. The highest BCUT2D eigenvalue weighted by Gasteiger charge is 2.29. The van der Waals surface area contributed by atoms with Gasteiger partial charge >= 0.3 is 0 Å². The predicted octanol–water partition coefficient (Wildman–Crippen LogP) is 0.576. The van der Waals surface area contributed by atoms with Gasteiger partial charge in [0, 0.05) is 31.6 Å². The van der Waals surface area contributed by atoms with Crippen LogP contribution in [0.5, 0.6) is 5.75 Å². The van der Waals surface area contributed by atoms with Crippen LogP contribution in [0.2, 0.25) is 0 Å². The number of nitrogens with zero attached hydrogens (tertiary/aromatic N) is 2. The first-order chi connectivity index (χ1) is 10.2. The van der Waals surface area contributed by atoms with Crippen LogP contribution in [0.3, 0.4) is 0 Å². The molecule has 6 nitrogen and oxygen atoms in total. The number of rotatable bonds is 3. The maximum atomic E-state index is 13.2. The molecule has 1 aromatic rings. The van der Waals surface area contributed by atoms with Gasteiger partial charge in [0.05, 0.1) is 6.61 Å². The molecular weight excluding hydrogens is 277 g/mol. The fourth-order valence-electron chi connectivity index (χ4n) is 2.79.